The molecule has 0 unspecified atom stereocenters. The van der Waals surface area contributed by atoms with Gasteiger partial charge < -0.3 is 9.47 Å². The summed E-state index contributed by atoms with van der Waals surface area (Å²) in [5.74, 6) is -2.41. The van der Waals surface area contributed by atoms with E-state index >= 15 is 0 Å². The van der Waals surface area contributed by atoms with E-state index in [4.69, 9.17) is 32.7 Å². The normalized spacial score (nSPS) is 20.3. The molecule has 0 spiro atoms. The predicted molar refractivity (Wildman–Crippen MR) is 108 cm³/mol. The van der Waals surface area contributed by atoms with Gasteiger partial charge >= 0.3 is 12.1 Å². The van der Waals surface area contributed by atoms with Gasteiger partial charge in [-0.3, -0.25) is 4.79 Å². The van der Waals surface area contributed by atoms with Gasteiger partial charge in [0.25, 0.3) is 0 Å². The number of halogens is 6. The van der Waals surface area contributed by atoms with Crippen molar-refractivity contribution in [1.82, 2.24) is 0 Å². The van der Waals surface area contributed by atoms with Crippen molar-refractivity contribution in [3.63, 3.8) is 0 Å². The van der Waals surface area contributed by atoms with E-state index < -0.39 is 40.2 Å². The van der Waals surface area contributed by atoms with Crippen molar-refractivity contribution >= 4 is 29.2 Å². The molecule has 2 aromatic rings. The van der Waals surface area contributed by atoms with Crippen LogP contribution >= 0.6 is 23.2 Å². The van der Waals surface area contributed by atoms with Crippen LogP contribution in [-0.2, 0) is 16.1 Å². The molecule has 31 heavy (non-hydrogen) atoms. The Balaban J connectivity index is 1.65. The number of alkyl halides is 3. The summed E-state index contributed by atoms with van der Waals surface area (Å²) in [6.45, 7) is 3.14. The van der Waals surface area contributed by atoms with Crippen molar-refractivity contribution in [2.24, 2.45) is 17.3 Å². The van der Waals surface area contributed by atoms with Crippen molar-refractivity contribution in [1.29, 1.82) is 0 Å². The fraction of sp³-hybridized carbons (Fsp3) is 0.318. The summed E-state index contributed by atoms with van der Waals surface area (Å²) in [6.07, 6.45) is -3.81. The third-order valence-corrected chi connectivity index (χ3v) is 5.77. The molecular weight excluding hydrogens is 459 g/mol. The molecule has 1 saturated carbocycles. The second-order valence-corrected chi connectivity index (χ2v) is 8.61. The summed E-state index contributed by atoms with van der Waals surface area (Å²) in [5.41, 5.74) is -0.258. The van der Waals surface area contributed by atoms with Crippen LogP contribution < -0.4 is 4.74 Å². The SMILES string of the molecule is CC1(C)[C@H](C(=O)OCc2ccc(F)c(Oc3ccc(Cl)cc3)c2)[C@@H]1/C=C(\Cl)C(F)(F)F. The first-order valence-electron chi connectivity index (χ1n) is 9.22. The van der Waals surface area contributed by atoms with Crippen molar-refractivity contribution in [3.05, 3.63) is 70.0 Å². The molecule has 0 radical (unpaired) electrons. The number of hydrogen-bond donors (Lipinski definition) is 0. The smallest absolute Gasteiger partial charge is 0.426 e. The first kappa shape index (κ1) is 23.4. The maximum Gasteiger partial charge on any atom is 0.426 e. The van der Waals surface area contributed by atoms with Crippen LogP contribution in [0.4, 0.5) is 17.6 Å². The summed E-state index contributed by atoms with van der Waals surface area (Å²) in [7, 11) is 0. The fourth-order valence-corrected chi connectivity index (χ4v) is 3.54. The molecule has 0 aromatic heterocycles. The third kappa shape index (κ3) is 5.52. The lowest BCUT2D eigenvalue weighted by atomic mass is 10.1. The molecule has 1 fully saturated rings. The van der Waals surface area contributed by atoms with Gasteiger partial charge in [0, 0.05) is 5.02 Å². The topological polar surface area (TPSA) is 35.5 Å². The van der Waals surface area contributed by atoms with E-state index in [9.17, 15) is 22.4 Å². The molecule has 3 rings (SSSR count). The van der Waals surface area contributed by atoms with Crippen LogP contribution in [0.3, 0.4) is 0 Å². The average Bonchev–Trinajstić information content (AvgIpc) is 3.23. The molecule has 2 aromatic carbocycles. The summed E-state index contributed by atoms with van der Waals surface area (Å²) >= 11 is 11.1. The molecule has 166 valence electrons. The Morgan fingerprint density at radius 3 is 2.42 bits per heavy atom. The molecule has 1 aliphatic carbocycles. The summed E-state index contributed by atoms with van der Waals surface area (Å²) < 4.78 is 62.8. The number of rotatable bonds is 6. The Kier molecular flexibility index (Phi) is 6.58. The number of hydrogen-bond acceptors (Lipinski definition) is 3. The highest BCUT2D eigenvalue weighted by Crippen LogP contribution is 2.60. The molecule has 0 bridgehead atoms. The molecule has 0 amide bonds. The first-order chi connectivity index (χ1) is 14.4. The number of carbonyl (C=O) groups is 1. The third-order valence-electron chi connectivity index (χ3n) is 5.18. The number of benzene rings is 2. The van der Waals surface area contributed by atoms with Crippen molar-refractivity contribution in [3.8, 4) is 11.5 Å². The van der Waals surface area contributed by atoms with Crippen LogP contribution in [0.2, 0.25) is 5.02 Å². The molecule has 1 aliphatic rings. The van der Waals surface area contributed by atoms with Gasteiger partial charge in [0.2, 0.25) is 0 Å². The lowest BCUT2D eigenvalue weighted by molar-refractivity contribution is -0.147. The maximum absolute atomic E-state index is 14.1. The van der Waals surface area contributed by atoms with E-state index in [0.29, 0.717) is 16.3 Å². The minimum absolute atomic E-state index is 0.0691. The van der Waals surface area contributed by atoms with Gasteiger partial charge in [0.1, 0.15) is 17.4 Å². The lowest BCUT2D eigenvalue weighted by Crippen LogP contribution is -2.11. The zero-order chi connectivity index (χ0) is 23.0. The van der Waals surface area contributed by atoms with Crippen LogP contribution in [-0.4, -0.2) is 12.1 Å². The molecule has 0 heterocycles. The van der Waals surface area contributed by atoms with Gasteiger partial charge in [-0.05, 0) is 53.3 Å². The van der Waals surface area contributed by atoms with E-state index in [1.54, 1.807) is 38.1 Å². The standard InChI is InChI=1S/C22H18Cl2F4O3/c1-21(2)15(10-18(24)22(26,27)28)19(21)20(29)30-11-12-3-8-16(25)17(9-12)31-14-6-4-13(23)5-7-14/h3-10,15,19H,11H2,1-2H3/b18-10-/t15-,19-/m0/s1. The van der Waals surface area contributed by atoms with Gasteiger partial charge in [0.05, 0.1) is 5.92 Å². The molecule has 9 heteroatoms. The Bertz CT molecular complexity index is 1000. The van der Waals surface area contributed by atoms with Crippen LogP contribution in [0.5, 0.6) is 11.5 Å². The first-order valence-corrected chi connectivity index (χ1v) is 9.98. The monoisotopic (exact) mass is 476 g/mol. The maximum atomic E-state index is 14.1. The highest BCUT2D eigenvalue weighted by Gasteiger charge is 2.62. The minimum atomic E-state index is -4.66. The number of ether oxygens (including phenoxy) is 2. The zero-order valence-corrected chi connectivity index (χ0v) is 18.0. The van der Waals surface area contributed by atoms with Crippen LogP contribution in [0.1, 0.15) is 19.4 Å². The predicted octanol–water partition coefficient (Wildman–Crippen LogP) is 7.27. The summed E-state index contributed by atoms with van der Waals surface area (Å²) in [4.78, 5) is 12.4. The number of allylic oxidation sites excluding steroid dienone is 2. The Morgan fingerprint density at radius 1 is 1.16 bits per heavy atom. The molecule has 0 N–H and O–H groups in total. The van der Waals surface area contributed by atoms with Crippen LogP contribution in [0.25, 0.3) is 0 Å². The quantitative estimate of drug-likeness (QED) is 0.324. The Hall–Kier alpha value is -2.25. The van der Waals surface area contributed by atoms with E-state index in [0.717, 1.165) is 6.08 Å². The molecule has 0 aliphatic heterocycles. The Labute approximate surface area is 186 Å². The van der Waals surface area contributed by atoms with Crippen LogP contribution in [0, 0.1) is 23.1 Å². The number of carbonyl (C=O) groups excluding carboxylic acids is 1. The van der Waals surface area contributed by atoms with Crippen LogP contribution in [0.15, 0.2) is 53.6 Å². The highest BCUT2D eigenvalue weighted by molar-refractivity contribution is 6.30. The average molecular weight is 477 g/mol. The molecular formula is C22H18Cl2F4O3. The van der Waals surface area contributed by atoms with Gasteiger partial charge in [-0.2, -0.15) is 13.2 Å². The van der Waals surface area contributed by atoms with Gasteiger partial charge in [-0.25, -0.2) is 4.39 Å². The van der Waals surface area contributed by atoms with E-state index in [1.165, 1.54) is 18.2 Å². The number of esters is 1. The van der Waals surface area contributed by atoms with Gasteiger partial charge in [-0.15, -0.1) is 0 Å². The zero-order valence-electron chi connectivity index (χ0n) is 16.5. The minimum Gasteiger partial charge on any atom is -0.461 e. The van der Waals surface area contributed by atoms with Crippen molar-refractivity contribution in [2.75, 3.05) is 0 Å². The fourth-order valence-electron chi connectivity index (χ4n) is 3.28. The second-order valence-electron chi connectivity index (χ2n) is 7.77. The van der Waals surface area contributed by atoms with E-state index in [2.05, 4.69) is 0 Å². The molecule has 3 nitrogen and oxygen atoms in total. The Morgan fingerprint density at radius 2 is 1.81 bits per heavy atom. The van der Waals surface area contributed by atoms with Gasteiger partial charge in [-0.1, -0.05) is 49.2 Å². The highest BCUT2D eigenvalue weighted by atomic mass is 35.5. The second kappa shape index (κ2) is 8.71. The van der Waals surface area contributed by atoms with Crippen molar-refractivity contribution in [2.45, 2.75) is 26.6 Å². The summed E-state index contributed by atoms with van der Waals surface area (Å²) in [5, 5.41) is -0.760. The summed E-state index contributed by atoms with van der Waals surface area (Å²) in [6, 6.07) is 10.3. The lowest BCUT2D eigenvalue weighted by Gasteiger charge is -2.10. The molecule has 0 saturated heterocycles. The van der Waals surface area contributed by atoms with E-state index in [-0.39, 0.29) is 12.4 Å². The van der Waals surface area contributed by atoms with Crippen molar-refractivity contribution < 1.29 is 31.8 Å². The molecule has 2 atom stereocenters. The van der Waals surface area contributed by atoms with E-state index in [1.807, 2.05) is 0 Å². The van der Waals surface area contributed by atoms with Gasteiger partial charge in [0.15, 0.2) is 11.6 Å². The largest absolute Gasteiger partial charge is 0.461 e.